The molecule has 4 rings (SSSR count). The van der Waals surface area contributed by atoms with E-state index < -0.39 is 11.2 Å². The molecule has 2 aliphatic rings. The highest BCUT2D eigenvalue weighted by molar-refractivity contribution is 8.00. The van der Waals surface area contributed by atoms with Gasteiger partial charge in [0, 0.05) is 17.5 Å². The molecule has 1 fully saturated rings. The van der Waals surface area contributed by atoms with Gasteiger partial charge in [-0.15, -0.1) is 11.8 Å². The first-order valence-corrected chi connectivity index (χ1v) is 12.7. The highest BCUT2D eigenvalue weighted by atomic mass is 32.2. The summed E-state index contributed by atoms with van der Waals surface area (Å²) in [6.45, 7) is 2.44. The predicted molar refractivity (Wildman–Crippen MR) is 130 cm³/mol. The fourth-order valence-electron chi connectivity index (χ4n) is 4.87. The zero-order chi connectivity index (χ0) is 22.7. The molecule has 0 atom stereocenters. The van der Waals surface area contributed by atoms with Crippen molar-refractivity contribution in [1.82, 2.24) is 9.55 Å². The van der Waals surface area contributed by atoms with Gasteiger partial charge in [-0.25, -0.2) is 4.79 Å². The highest BCUT2D eigenvalue weighted by Crippen LogP contribution is 2.32. The van der Waals surface area contributed by atoms with Crippen LogP contribution in [0.2, 0.25) is 0 Å². The fourth-order valence-corrected chi connectivity index (χ4v) is 5.69. The van der Waals surface area contributed by atoms with Crippen LogP contribution in [-0.4, -0.2) is 27.3 Å². The third-order valence-corrected chi connectivity index (χ3v) is 7.56. The van der Waals surface area contributed by atoms with E-state index in [1.807, 2.05) is 6.92 Å². The van der Waals surface area contributed by atoms with Crippen molar-refractivity contribution in [3.05, 3.63) is 50.2 Å². The molecule has 3 N–H and O–H groups in total. The maximum Gasteiger partial charge on any atom is 0.330 e. The van der Waals surface area contributed by atoms with Gasteiger partial charge in [-0.1, -0.05) is 32.3 Å². The molecule has 2 aromatic rings. The number of aromatic nitrogens is 2. The van der Waals surface area contributed by atoms with Crippen LogP contribution in [0.5, 0.6) is 0 Å². The molecule has 8 heteroatoms. The lowest BCUT2D eigenvalue weighted by Crippen LogP contribution is -2.46. The van der Waals surface area contributed by atoms with Crippen LogP contribution in [0.3, 0.4) is 0 Å². The molecule has 0 spiro atoms. The van der Waals surface area contributed by atoms with E-state index in [1.54, 1.807) is 4.90 Å². The number of thioether (sulfide) groups is 1. The Hall–Kier alpha value is -2.48. The smallest absolute Gasteiger partial charge is 0.330 e. The van der Waals surface area contributed by atoms with E-state index in [-0.39, 0.29) is 29.2 Å². The topological polar surface area (TPSA) is 101 Å². The highest BCUT2D eigenvalue weighted by Gasteiger charge is 2.32. The fraction of sp³-hybridized carbons (Fsp3) is 0.542. The Morgan fingerprint density at radius 2 is 1.94 bits per heavy atom. The lowest BCUT2D eigenvalue weighted by atomic mass is 10.1. The van der Waals surface area contributed by atoms with Gasteiger partial charge in [0.05, 0.1) is 5.75 Å². The Labute approximate surface area is 192 Å². The molecule has 1 saturated carbocycles. The Morgan fingerprint density at radius 3 is 2.69 bits per heavy atom. The number of amides is 1. The minimum Gasteiger partial charge on any atom is -0.383 e. The number of nitrogen functional groups attached to an aromatic ring is 1. The van der Waals surface area contributed by atoms with E-state index in [2.05, 4.69) is 23.2 Å². The van der Waals surface area contributed by atoms with Crippen LogP contribution in [-0.2, 0) is 24.2 Å². The van der Waals surface area contributed by atoms with Crippen molar-refractivity contribution in [2.24, 2.45) is 0 Å². The number of unbranched alkanes of at least 4 members (excludes halogenated alkanes) is 1. The molecule has 0 bridgehead atoms. The molecule has 0 saturated heterocycles. The van der Waals surface area contributed by atoms with Gasteiger partial charge < -0.3 is 10.6 Å². The van der Waals surface area contributed by atoms with Crippen LogP contribution in [0.1, 0.15) is 63.0 Å². The zero-order valence-electron chi connectivity index (χ0n) is 18.7. The molecule has 32 heavy (non-hydrogen) atoms. The first-order chi connectivity index (χ1) is 15.5. The largest absolute Gasteiger partial charge is 0.383 e. The van der Waals surface area contributed by atoms with Crippen molar-refractivity contribution in [2.45, 2.75) is 82.2 Å². The molecule has 0 radical (unpaired) electrons. The average Bonchev–Trinajstić information content (AvgIpc) is 3.46. The molecule has 1 heterocycles. The summed E-state index contributed by atoms with van der Waals surface area (Å²) in [7, 11) is 0. The monoisotopic (exact) mass is 456 g/mol. The Balaban J connectivity index is 1.62. The van der Waals surface area contributed by atoms with Crippen molar-refractivity contribution >= 4 is 29.2 Å². The number of H-pyrrole nitrogens is 1. The second-order valence-corrected chi connectivity index (χ2v) is 9.82. The van der Waals surface area contributed by atoms with Crippen LogP contribution in [0.4, 0.5) is 11.5 Å². The molecule has 0 aliphatic heterocycles. The Bertz CT molecular complexity index is 1100. The number of aromatic amines is 1. The summed E-state index contributed by atoms with van der Waals surface area (Å²) in [5.74, 6) is 0.178. The number of fused-ring (bicyclic) bond motifs is 1. The van der Waals surface area contributed by atoms with Crippen molar-refractivity contribution < 1.29 is 4.79 Å². The lowest BCUT2D eigenvalue weighted by molar-refractivity contribution is -0.116. The molecular weight excluding hydrogens is 424 g/mol. The van der Waals surface area contributed by atoms with Gasteiger partial charge in [0.25, 0.3) is 5.56 Å². The molecule has 7 nitrogen and oxygen atoms in total. The third kappa shape index (κ3) is 4.65. The SMILES string of the molecule is CCCCn1c(N)c(N(C(=O)CSc2ccc3c(c2)CCC3)C2CCCC2)c(=O)[nH]c1=O. The van der Waals surface area contributed by atoms with E-state index in [0.717, 1.165) is 56.3 Å². The van der Waals surface area contributed by atoms with Crippen LogP contribution >= 0.6 is 11.8 Å². The number of benzene rings is 1. The average molecular weight is 457 g/mol. The molecular formula is C24H32N4O3S. The van der Waals surface area contributed by atoms with Gasteiger partial charge >= 0.3 is 5.69 Å². The standard InChI is InChI=1S/C24H32N4O3S/c1-2-3-13-27-22(25)21(23(30)26-24(27)31)28(18-9-4-5-10-18)20(29)15-32-19-12-11-16-7-6-8-17(16)14-19/h11-12,14,18H,2-10,13,15,25H2,1H3,(H,26,30,31). The van der Waals surface area contributed by atoms with E-state index in [1.165, 1.54) is 33.9 Å². The van der Waals surface area contributed by atoms with Gasteiger partial charge in [-0.2, -0.15) is 0 Å². The number of nitrogens with one attached hydrogen (secondary N) is 1. The van der Waals surface area contributed by atoms with Gasteiger partial charge in [0.1, 0.15) is 5.82 Å². The summed E-state index contributed by atoms with van der Waals surface area (Å²) in [5, 5.41) is 0. The van der Waals surface area contributed by atoms with E-state index in [0.29, 0.717) is 6.54 Å². The van der Waals surface area contributed by atoms with Gasteiger partial charge in [0.2, 0.25) is 5.91 Å². The molecule has 2 aliphatic carbocycles. The third-order valence-electron chi connectivity index (χ3n) is 6.58. The van der Waals surface area contributed by atoms with Crippen LogP contribution in [0.15, 0.2) is 32.7 Å². The summed E-state index contributed by atoms with van der Waals surface area (Å²) in [4.78, 5) is 43.7. The number of rotatable bonds is 8. The quantitative estimate of drug-likeness (QED) is 0.592. The number of hydrogen-bond acceptors (Lipinski definition) is 5. The number of hydrogen-bond donors (Lipinski definition) is 2. The summed E-state index contributed by atoms with van der Waals surface area (Å²) in [6.07, 6.45) is 8.77. The second kappa shape index (κ2) is 9.98. The van der Waals surface area contributed by atoms with Gasteiger partial charge in [-0.3, -0.25) is 19.1 Å². The number of anilines is 2. The van der Waals surface area contributed by atoms with Crippen molar-refractivity contribution in [3.63, 3.8) is 0 Å². The molecule has 1 aromatic heterocycles. The van der Waals surface area contributed by atoms with Crippen molar-refractivity contribution in [1.29, 1.82) is 0 Å². The van der Waals surface area contributed by atoms with Crippen molar-refractivity contribution in [3.8, 4) is 0 Å². The summed E-state index contributed by atoms with van der Waals surface area (Å²) >= 11 is 1.50. The zero-order valence-corrected chi connectivity index (χ0v) is 19.5. The van der Waals surface area contributed by atoms with E-state index >= 15 is 0 Å². The molecule has 1 amide bonds. The Kier molecular flexibility index (Phi) is 7.08. The summed E-state index contributed by atoms with van der Waals surface area (Å²) < 4.78 is 1.39. The van der Waals surface area contributed by atoms with Crippen molar-refractivity contribution in [2.75, 3.05) is 16.4 Å². The minimum atomic E-state index is -0.581. The molecule has 172 valence electrons. The second-order valence-electron chi connectivity index (χ2n) is 8.77. The maximum absolute atomic E-state index is 13.5. The van der Waals surface area contributed by atoms with Crippen LogP contribution in [0, 0.1) is 0 Å². The lowest BCUT2D eigenvalue weighted by Gasteiger charge is -2.30. The van der Waals surface area contributed by atoms with Crippen LogP contribution in [0.25, 0.3) is 0 Å². The normalized spacial score (nSPS) is 15.8. The minimum absolute atomic E-state index is 0.0661. The number of carbonyl (C=O) groups is 1. The van der Waals surface area contributed by atoms with Gasteiger partial charge in [0.15, 0.2) is 5.69 Å². The number of nitrogens with zero attached hydrogens (tertiary/aromatic N) is 2. The van der Waals surface area contributed by atoms with Gasteiger partial charge in [-0.05, 0) is 61.8 Å². The number of carbonyl (C=O) groups excluding carboxylic acids is 1. The summed E-state index contributed by atoms with van der Waals surface area (Å²) in [5.41, 5.74) is 8.16. The predicted octanol–water partition coefficient (Wildman–Crippen LogP) is 3.48. The number of aryl methyl sites for hydroxylation is 2. The Morgan fingerprint density at radius 1 is 1.19 bits per heavy atom. The number of nitrogens with two attached hydrogens (primary N) is 1. The summed E-state index contributed by atoms with van der Waals surface area (Å²) in [6, 6.07) is 6.36. The first-order valence-electron chi connectivity index (χ1n) is 11.7. The maximum atomic E-state index is 13.5. The van der Waals surface area contributed by atoms with E-state index in [9.17, 15) is 14.4 Å². The molecule has 0 unspecified atom stereocenters. The van der Waals surface area contributed by atoms with E-state index in [4.69, 9.17) is 5.73 Å². The first kappa shape index (κ1) is 22.7. The van der Waals surface area contributed by atoms with Crippen LogP contribution < -0.4 is 21.9 Å². The molecule has 1 aromatic carbocycles.